The fourth-order valence-electron chi connectivity index (χ4n) is 1.83. The van der Waals surface area contributed by atoms with E-state index in [0.717, 1.165) is 32.1 Å². The Labute approximate surface area is 150 Å². The molecule has 0 saturated carbocycles. The first-order chi connectivity index (χ1) is 7.87. The molecule has 0 aliphatic rings. The van der Waals surface area contributed by atoms with Gasteiger partial charge in [-0.15, -0.1) is 0 Å². The van der Waals surface area contributed by atoms with Crippen molar-refractivity contribution in [2.75, 3.05) is 0 Å². The monoisotopic (exact) mass is 272 g/mol. The fraction of sp³-hybridized carbons (Fsp3) is 0.846. The summed E-state index contributed by atoms with van der Waals surface area (Å²) in [6.07, 6.45) is 5.84. The van der Waals surface area contributed by atoms with Gasteiger partial charge in [0.15, 0.2) is 0 Å². The first-order valence-corrected chi connectivity index (χ1v) is 6.30. The number of carboxylic acid groups (broad SMARTS) is 2. The van der Waals surface area contributed by atoms with E-state index in [2.05, 4.69) is 6.92 Å². The number of rotatable bonds is 9. The molecule has 0 radical (unpaired) electrons. The van der Waals surface area contributed by atoms with E-state index in [0.29, 0.717) is 6.42 Å². The molecule has 6 heteroatoms. The van der Waals surface area contributed by atoms with Gasteiger partial charge in [0.2, 0.25) is 0 Å². The molecule has 19 heavy (non-hydrogen) atoms. The van der Waals surface area contributed by atoms with Gasteiger partial charge in [-0.25, -0.2) is 0 Å². The zero-order valence-corrected chi connectivity index (χ0v) is 15.0. The molecule has 4 nitrogen and oxygen atoms in total. The van der Waals surface area contributed by atoms with Gasteiger partial charge >= 0.3 is 48.4 Å². The molecule has 0 spiro atoms. The zero-order chi connectivity index (χ0) is 13.5. The fourth-order valence-corrected chi connectivity index (χ4v) is 1.83. The van der Waals surface area contributed by atoms with E-state index < -0.39 is 23.3 Å². The van der Waals surface area contributed by atoms with Crippen LogP contribution in [0.25, 0.3) is 0 Å². The van der Waals surface area contributed by atoms with Gasteiger partial charge in [-0.2, -0.15) is 0 Å². The minimum Gasteiger partial charge on any atom is -0.549 e. The van der Waals surface area contributed by atoms with Crippen LogP contribution in [0.4, 0.5) is 0 Å². The van der Waals surface area contributed by atoms with Gasteiger partial charge in [0.25, 0.3) is 0 Å². The van der Waals surface area contributed by atoms with E-state index in [1.165, 1.54) is 6.92 Å². The molecule has 0 heterocycles. The molecule has 0 N–H and O–H groups in total. The second-order valence-corrected chi connectivity index (χ2v) is 4.88. The van der Waals surface area contributed by atoms with E-state index in [9.17, 15) is 19.8 Å². The van der Waals surface area contributed by atoms with Crippen molar-refractivity contribution in [2.24, 2.45) is 11.3 Å². The number of carbonyl (C=O) groups is 2. The Morgan fingerprint density at radius 1 is 1.05 bits per heavy atom. The molecule has 0 bridgehead atoms. The molecule has 100 valence electrons. The third-order valence-corrected chi connectivity index (χ3v) is 3.57. The molecule has 0 aromatic rings. The van der Waals surface area contributed by atoms with Crippen LogP contribution >= 0.6 is 0 Å². The van der Waals surface area contributed by atoms with Gasteiger partial charge in [0.05, 0.1) is 11.9 Å². The van der Waals surface area contributed by atoms with Gasteiger partial charge < -0.3 is 19.8 Å². The Hall–Kier alpha value is 0.537. The molecule has 0 rings (SSSR count). The van der Waals surface area contributed by atoms with Crippen molar-refractivity contribution in [1.29, 1.82) is 0 Å². The van der Waals surface area contributed by atoms with Crippen LogP contribution in [0.15, 0.2) is 0 Å². The van der Waals surface area contributed by atoms with E-state index in [4.69, 9.17) is 0 Å². The minimum absolute atomic E-state index is 0. The summed E-state index contributed by atoms with van der Waals surface area (Å²) in [4.78, 5) is 21.8. The van der Waals surface area contributed by atoms with Crippen LogP contribution in [0.1, 0.15) is 59.3 Å². The number of hydrogen-bond donors (Lipinski definition) is 0. The van der Waals surface area contributed by atoms with Crippen LogP contribution in [-0.4, -0.2) is 11.9 Å². The predicted octanol–water partition coefficient (Wildman–Crippen LogP) is -5.50. The average Bonchev–Trinajstić information content (AvgIpc) is 2.26. The molecule has 0 aliphatic heterocycles. The maximum atomic E-state index is 10.9. The standard InChI is InChI=1S/C13H24O4.Li.Na/c1-4-5-6-7-8-9-10(2)13(3,11(14)15)12(16)17;;/h10H,4-9H2,1-3H3,(H,14,15)(H,16,17);;/q;2*+1/p-2. The summed E-state index contributed by atoms with van der Waals surface area (Å²) in [6, 6.07) is 0. The third-order valence-electron chi connectivity index (χ3n) is 3.57. The topological polar surface area (TPSA) is 80.3 Å². The number of unbranched alkanes of at least 4 members (excludes halogenated alkanes) is 4. The summed E-state index contributed by atoms with van der Waals surface area (Å²) >= 11 is 0. The average molecular weight is 272 g/mol. The van der Waals surface area contributed by atoms with Gasteiger partial charge in [-0.1, -0.05) is 46.0 Å². The third kappa shape index (κ3) is 7.77. The van der Waals surface area contributed by atoms with Crippen molar-refractivity contribution in [3.05, 3.63) is 0 Å². The molecule has 0 aliphatic carbocycles. The number of carbonyl (C=O) groups excluding carboxylic acids is 2. The normalized spacial score (nSPS) is 11.9. The summed E-state index contributed by atoms with van der Waals surface area (Å²) in [5.74, 6) is -3.59. The Balaban J connectivity index is -0.00000128. The van der Waals surface area contributed by atoms with Crippen molar-refractivity contribution < 1.29 is 68.2 Å². The molecule has 0 saturated heterocycles. The van der Waals surface area contributed by atoms with Crippen LogP contribution in [0, 0.1) is 11.3 Å². The molecule has 0 fully saturated rings. The summed E-state index contributed by atoms with van der Waals surface area (Å²) in [6.45, 7) is 4.92. The van der Waals surface area contributed by atoms with E-state index in [1.54, 1.807) is 6.92 Å². The van der Waals surface area contributed by atoms with Crippen molar-refractivity contribution in [3.8, 4) is 0 Å². The number of carboxylic acids is 2. The summed E-state index contributed by atoms with van der Waals surface area (Å²) in [5, 5.41) is 21.8. The maximum Gasteiger partial charge on any atom is 1.00 e. The quantitative estimate of drug-likeness (QED) is 0.238. The minimum atomic E-state index is -1.88. The number of aliphatic carboxylic acids is 2. The summed E-state index contributed by atoms with van der Waals surface area (Å²) in [7, 11) is 0. The van der Waals surface area contributed by atoms with Crippen molar-refractivity contribution in [2.45, 2.75) is 59.3 Å². The molecule has 1 atom stereocenters. The predicted molar refractivity (Wildman–Crippen MR) is 60.7 cm³/mol. The Morgan fingerprint density at radius 2 is 1.47 bits per heavy atom. The Morgan fingerprint density at radius 3 is 1.84 bits per heavy atom. The largest absolute Gasteiger partial charge is 1.00 e. The smallest absolute Gasteiger partial charge is 0.549 e. The van der Waals surface area contributed by atoms with E-state index >= 15 is 0 Å². The Bertz CT molecular complexity index is 257. The Kier molecular flexibility index (Phi) is 15.9. The maximum absolute atomic E-state index is 10.9. The summed E-state index contributed by atoms with van der Waals surface area (Å²) < 4.78 is 0. The molecular weight excluding hydrogens is 250 g/mol. The second kappa shape index (κ2) is 12.3. The van der Waals surface area contributed by atoms with Crippen molar-refractivity contribution in [1.82, 2.24) is 0 Å². The van der Waals surface area contributed by atoms with Gasteiger partial charge in [-0.3, -0.25) is 0 Å². The van der Waals surface area contributed by atoms with Gasteiger partial charge in [-0.05, 0) is 19.3 Å². The van der Waals surface area contributed by atoms with Crippen molar-refractivity contribution in [3.63, 3.8) is 0 Å². The summed E-state index contributed by atoms with van der Waals surface area (Å²) in [5.41, 5.74) is -1.88. The van der Waals surface area contributed by atoms with E-state index in [1.807, 2.05) is 0 Å². The van der Waals surface area contributed by atoms with E-state index in [-0.39, 0.29) is 48.4 Å². The zero-order valence-electron chi connectivity index (χ0n) is 13.0. The first-order valence-electron chi connectivity index (χ1n) is 6.30. The van der Waals surface area contributed by atoms with Crippen LogP contribution in [0.5, 0.6) is 0 Å². The van der Waals surface area contributed by atoms with Crippen molar-refractivity contribution >= 4 is 11.9 Å². The van der Waals surface area contributed by atoms with Crippen LogP contribution in [-0.2, 0) is 9.59 Å². The molecule has 0 amide bonds. The van der Waals surface area contributed by atoms with Gasteiger partial charge in [0, 0.05) is 5.41 Å². The molecule has 1 unspecified atom stereocenters. The first kappa shape index (κ1) is 24.5. The number of hydrogen-bond acceptors (Lipinski definition) is 4. The molecule has 0 aromatic carbocycles. The SMILES string of the molecule is CCCCCCCC(C)C(C)(C(=O)[O-])C(=O)[O-].[Li+].[Na+]. The second-order valence-electron chi connectivity index (χ2n) is 4.88. The molecule has 0 aromatic heterocycles. The van der Waals surface area contributed by atoms with Crippen LogP contribution in [0.3, 0.4) is 0 Å². The van der Waals surface area contributed by atoms with Crippen LogP contribution < -0.4 is 58.6 Å². The van der Waals surface area contributed by atoms with Gasteiger partial charge in [0.1, 0.15) is 0 Å². The van der Waals surface area contributed by atoms with Crippen LogP contribution in [0.2, 0.25) is 0 Å². The molecular formula is C13H22LiNaO4.